The molecule has 0 unspecified atom stereocenters. The number of fused-ring (bicyclic) bond motifs is 1. The van der Waals surface area contributed by atoms with E-state index in [0.29, 0.717) is 13.0 Å². The molecule has 1 amide bonds. The van der Waals surface area contributed by atoms with Gasteiger partial charge in [-0.2, -0.15) is 4.72 Å². The van der Waals surface area contributed by atoms with Crippen LogP contribution in [0.3, 0.4) is 0 Å². The molecule has 0 saturated carbocycles. The number of aliphatic carboxylic acids is 1. The molecular weight excluding hydrogens is 463 g/mol. The summed E-state index contributed by atoms with van der Waals surface area (Å²) < 4.78 is 40.1. The van der Waals surface area contributed by atoms with E-state index in [1.165, 1.54) is 10.5 Å². The average Bonchev–Trinajstić information content (AvgIpc) is 2.82. The first-order valence-electron chi connectivity index (χ1n) is 11.2. The second-order valence-corrected chi connectivity index (χ2v) is 10.4. The molecule has 2 atom stereocenters. The Hall–Kier alpha value is -3.05. The molecule has 4 rings (SSSR count). The number of hydrogen-bond donors (Lipinski definition) is 3. The summed E-state index contributed by atoms with van der Waals surface area (Å²) >= 11 is 0. The van der Waals surface area contributed by atoms with E-state index in [1.807, 2.05) is 6.07 Å². The van der Waals surface area contributed by atoms with Crippen LogP contribution < -0.4 is 10.0 Å². The number of carboxylic acids is 1. The Morgan fingerprint density at radius 2 is 2.03 bits per heavy atom. The highest BCUT2D eigenvalue weighted by atomic mass is 32.2. The molecule has 0 bridgehead atoms. The zero-order valence-electron chi connectivity index (χ0n) is 18.5. The number of sulfonamides is 1. The van der Waals surface area contributed by atoms with Crippen LogP contribution in [0.1, 0.15) is 30.5 Å². The van der Waals surface area contributed by atoms with Gasteiger partial charge in [-0.15, -0.1) is 0 Å². The largest absolute Gasteiger partial charge is 0.480 e. The number of aryl methyl sites for hydroxylation is 2. The van der Waals surface area contributed by atoms with Crippen LogP contribution in [-0.2, 0) is 32.5 Å². The van der Waals surface area contributed by atoms with Crippen LogP contribution in [0.2, 0.25) is 0 Å². The van der Waals surface area contributed by atoms with Gasteiger partial charge in [-0.1, -0.05) is 6.07 Å². The number of β-lactam (4-membered cyclic amide) rings is 1. The summed E-state index contributed by atoms with van der Waals surface area (Å²) in [6.07, 6.45) is 4.30. The normalized spacial score (nSPS) is 18.6. The first-order valence-corrected chi connectivity index (χ1v) is 12.7. The quantitative estimate of drug-likeness (QED) is 0.433. The number of carbonyl (C=O) groups excluding carboxylic acids is 1. The smallest absolute Gasteiger partial charge is 0.323 e. The zero-order valence-corrected chi connectivity index (χ0v) is 19.4. The lowest BCUT2D eigenvalue weighted by atomic mass is 9.91. The fourth-order valence-corrected chi connectivity index (χ4v) is 5.43. The van der Waals surface area contributed by atoms with Gasteiger partial charge in [-0.05, 0) is 68.0 Å². The molecule has 2 aromatic rings. The van der Waals surface area contributed by atoms with Gasteiger partial charge >= 0.3 is 5.97 Å². The van der Waals surface area contributed by atoms with Gasteiger partial charge in [-0.3, -0.25) is 9.59 Å². The number of carboxylic acid groups (broad SMARTS) is 1. The van der Waals surface area contributed by atoms with Gasteiger partial charge < -0.3 is 15.3 Å². The summed E-state index contributed by atoms with van der Waals surface area (Å²) in [4.78, 5) is 29.9. The second kappa shape index (κ2) is 10.1. The summed E-state index contributed by atoms with van der Waals surface area (Å²) in [7, 11) is -4.18. The van der Waals surface area contributed by atoms with Crippen molar-refractivity contribution in [2.24, 2.45) is 5.92 Å². The predicted molar refractivity (Wildman–Crippen MR) is 122 cm³/mol. The van der Waals surface area contributed by atoms with Crippen molar-refractivity contribution in [3.8, 4) is 0 Å². The topological polar surface area (TPSA) is 129 Å². The van der Waals surface area contributed by atoms with Crippen LogP contribution in [0.4, 0.5) is 10.2 Å². The molecule has 0 aliphatic carbocycles. The number of likely N-dealkylation sites (tertiary alicyclic amines) is 1. The number of carbonyl (C=O) groups is 2. The van der Waals surface area contributed by atoms with Crippen LogP contribution in [0.5, 0.6) is 0 Å². The summed E-state index contributed by atoms with van der Waals surface area (Å²) in [6.45, 7) is 1.02. The number of pyridine rings is 1. The number of rotatable bonds is 10. The van der Waals surface area contributed by atoms with Crippen molar-refractivity contribution in [2.45, 2.75) is 43.0 Å². The number of aromatic nitrogens is 1. The number of benzene rings is 1. The van der Waals surface area contributed by atoms with Crippen molar-refractivity contribution in [2.75, 3.05) is 25.0 Å². The highest BCUT2D eigenvalue weighted by molar-refractivity contribution is 7.89. The van der Waals surface area contributed by atoms with Gasteiger partial charge in [0.05, 0.1) is 10.8 Å². The predicted octanol–water partition coefficient (Wildman–Crippen LogP) is 1.79. The van der Waals surface area contributed by atoms with E-state index in [-0.39, 0.29) is 23.3 Å². The first-order chi connectivity index (χ1) is 16.2. The minimum atomic E-state index is -4.18. The van der Waals surface area contributed by atoms with E-state index in [2.05, 4.69) is 21.1 Å². The van der Waals surface area contributed by atoms with E-state index in [0.717, 1.165) is 68.0 Å². The van der Waals surface area contributed by atoms with Crippen molar-refractivity contribution in [3.05, 3.63) is 53.5 Å². The molecule has 3 N–H and O–H groups in total. The van der Waals surface area contributed by atoms with E-state index in [1.54, 1.807) is 0 Å². The Balaban J connectivity index is 1.26. The third kappa shape index (κ3) is 5.53. The number of nitrogens with one attached hydrogen (secondary N) is 2. The van der Waals surface area contributed by atoms with E-state index in [4.69, 9.17) is 0 Å². The standard InChI is InChI=1S/C23H27FN4O5S/c24-17-7-10-19(11-8-17)34(32,33)27-20(23(30)31)14-28-13-16(22(28)29)3-1-5-18-9-6-15-4-2-12-25-21(15)26-18/h6-11,16,20,27H,1-5,12-14H2,(H,25,26)(H,30,31)/t16-,20-/m0/s1. The Kier molecular flexibility index (Phi) is 7.13. The molecule has 2 aliphatic heterocycles. The van der Waals surface area contributed by atoms with Crippen LogP contribution in [0, 0.1) is 11.7 Å². The highest BCUT2D eigenvalue weighted by Gasteiger charge is 2.39. The molecule has 1 saturated heterocycles. The summed E-state index contributed by atoms with van der Waals surface area (Å²) in [5.41, 5.74) is 2.20. The SMILES string of the molecule is O=C(O)[C@H](CN1C[C@H](CCCc2ccc3c(n2)NCCC3)C1=O)NS(=O)(=O)c1ccc(F)cc1. The summed E-state index contributed by atoms with van der Waals surface area (Å²) in [6, 6.07) is 6.66. The Morgan fingerprint density at radius 1 is 1.26 bits per heavy atom. The molecule has 182 valence electrons. The minimum Gasteiger partial charge on any atom is -0.480 e. The maximum Gasteiger partial charge on any atom is 0.323 e. The van der Waals surface area contributed by atoms with Gasteiger partial charge in [-0.25, -0.2) is 17.8 Å². The lowest BCUT2D eigenvalue weighted by Gasteiger charge is -2.40. The molecule has 0 radical (unpaired) electrons. The molecule has 1 aromatic carbocycles. The summed E-state index contributed by atoms with van der Waals surface area (Å²) in [5, 5.41) is 12.8. The number of halogens is 1. The van der Waals surface area contributed by atoms with Crippen LogP contribution in [-0.4, -0.2) is 61.0 Å². The summed E-state index contributed by atoms with van der Waals surface area (Å²) in [5.74, 6) is -1.46. The molecule has 11 heteroatoms. The monoisotopic (exact) mass is 490 g/mol. The molecule has 2 aliphatic rings. The lowest BCUT2D eigenvalue weighted by Crippen LogP contribution is -2.58. The van der Waals surface area contributed by atoms with E-state index < -0.39 is 27.9 Å². The van der Waals surface area contributed by atoms with Crippen LogP contribution in [0.15, 0.2) is 41.3 Å². The van der Waals surface area contributed by atoms with Crippen molar-refractivity contribution < 1.29 is 27.5 Å². The Bertz CT molecular complexity index is 1170. The highest BCUT2D eigenvalue weighted by Crippen LogP contribution is 2.25. The Morgan fingerprint density at radius 3 is 2.74 bits per heavy atom. The molecule has 1 fully saturated rings. The van der Waals surface area contributed by atoms with Crippen molar-refractivity contribution in [3.63, 3.8) is 0 Å². The fraction of sp³-hybridized carbons (Fsp3) is 0.435. The zero-order chi connectivity index (χ0) is 24.3. The molecule has 0 spiro atoms. The molecule has 34 heavy (non-hydrogen) atoms. The number of hydrogen-bond acceptors (Lipinski definition) is 6. The number of nitrogens with zero attached hydrogens (tertiary/aromatic N) is 2. The maximum atomic E-state index is 13.1. The average molecular weight is 491 g/mol. The first kappa shape index (κ1) is 24.1. The van der Waals surface area contributed by atoms with Crippen LogP contribution in [0.25, 0.3) is 0 Å². The van der Waals surface area contributed by atoms with Gasteiger partial charge in [0.15, 0.2) is 0 Å². The number of anilines is 1. The molecule has 3 heterocycles. The van der Waals surface area contributed by atoms with Crippen LogP contribution >= 0.6 is 0 Å². The lowest BCUT2D eigenvalue weighted by molar-refractivity contribution is -0.150. The van der Waals surface area contributed by atoms with E-state index >= 15 is 0 Å². The van der Waals surface area contributed by atoms with E-state index in [9.17, 15) is 27.5 Å². The van der Waals surface area contributed by atoms with Gasteiger partial charge in [0.25, 0.3) is 0 Å². The second-order valence-electron chi connectivity index (χ2n) is 8.64. The molecular formula is C23H27FN4O5S. The Labute approximate surface area is 197 Å². The molecule has 9 nitrogen and oxygen atoms in total. The fourth-order valence-electron chi connectivity index (χ4n) is 4.25. The van der Waals surface area contributed by atoms with Gasteiger partial charge in [0.1, 0.15) is 17.7 Å². The van der Waals surface area contributed by atoms with Gasteiger partial charge in [0, 0.05) is 25.3 Å². The minimum absolute atomic E-state index is 0.188. The maximum absolute atomic E-state index is 13.1. The third-order valence-electron chi connectivity index (χ3n) is 6.16. The van der Waals surface area contributed by atoms with Crippen molar-refractivity contribution in [1.29, 1.82) is 0 Å². The van der Waals surface area contributed by atoms with Crippen molar-refractivity contribution in [1.82, 2.24) is 14.6 Å². The van der Waals surface area contributed by atoms with Crippen molar-refractivity contribution >= 4 is 27.7 Å². The van der Waals surface area contributed by atoms with Gasteiger partial charge in [0.2, 0.25) is 15.9 Å². The number of amides is 1. The third-order valence-corrected chi connectivity index (χ3v) is 7.65. The molecule has 1 aromatic heterocycles.